The number of carboxylic acids is 1. The van der Waals surface area contributed by atoms with E-state index < -0.39 is 17.7 Å². The molecule has 0 radical (unpaired) electrons. The van der Waals surface area contributed by atoms with E-state index in [0.717, 1.165) is 95.9 Å². The summed E-state index contributed by atoms with van der Waals surface area (Å²) in [5.41, 5.74) is 8.13. The first-order valence-corrected chi connectivity index (χ1v) is 15.5. The van der Waals surface area contributed by atoms with Crippen LogP contribution in [0.3, 0.4) is 0 Å². The molecule has 0 saturated carbocycles. The maximum absolute atomic E-state index is 13.0. The van der Waals surface area contributed by atoms with Crippen LogP contribution in [0.1, 0.15) is 54.8 Å². The summed E-state index contributed by atoms with van der Waals surface area (Å²) in [6.45, 7) is 17.8. The van der Waals surface area contributed by atoms with E-state index in [1.165, 1.54) is 0 Å². The van der Waals surface area contributed by atoms with Crippen molar-refractivity contribution >= 4 is 28.5 Å². The zero-order chi connectivity index (χ0) is 31.2. The van der Waals surface area contributed by atoms with E-state index >= 15 is 0 Å². The average molecular weight is 598 g/mol. The number of rotatable bonds is 8. The summed E-state index contributed by atoms with van der Waals surface area (Å²) < 4.78 is 14.1. The number of nitrogens with zero attached hydrogens (tertiary/aromatic N) is 5. The summed E-state index contributed by atoms with van der Waals surface area (Å²) in [5.74, 6) is -0.394. The zero-order valence-corrected chi connectivity index (χ0v) is 26.7. The van der Waals surface area contributed by atoms with Gasteiger partial charge in [0.1, 0.15) is 0 Å². The third-order valence-corrected chi connectivity index (χ3v) is 8.69. The molecular weight excluding hydrogens is 554 g/mol. The van der Waals surface area contributed by atoms with Gasteiger partial charge < -0.3 is 24.0 Å². The summed E-state index contributed by atoms with van der Waals surface area (Å²) in [5, 5.41) is 11.6. The van der Waals surface area contributed by atoms with Crippen LogP contribution < -0.4 is 4.90 Å². The van der Waals surface area contributed by atoms with Crippen molar-refractivity contribution in [2.45, 2.75) is 66.2 Å². The van der Waals surface area contributed by atoms with E-state index in [1.54, 1.807) is 0 Å². The molecule has 9 heteroatoms. The van der Waals surface area contributed by atoms with Crippen molar-refractivity contribution in [1.82, 2.24) is 19.4 Å². The quantitative estimate of drug-likeness (QED) is 0.265. The fraction of sp³-hybridized carbons (Fsp3) is 0.457. The fourth-order valence-corrected chi connectivity index (χ4v) is 6.56. The molecule has 0 bridgehead atoms. The van der Waals surface area contributed by atoms with Crippen LogP contribution in [0.25, 0.3) is 22.0 Å². The Morgan fingerprint density at radius 1 is 1.02 bits per heavy atom. The number of hydrogen-bond donors (Lipinski definition) is 1. The van der Waals surface area contributed by atoms with Crippen LogP contribution in [0.2, 0.25) is 0 Å². The van der Waals surface area contributed by atoms with Crippen LogP contribution in [0.15, 0.2) is 42.7 Å². The van der Waals surface area contributed by atoms with Crippen molar-refractivity contribution in [2.75, 3.05) is 44.3 Å². The molecule has 4 aromatic rings. The van der Waals surface area contributed by atoms with E-state index in [9.17, 15) is 9.90 Å². The minimum atomic E-state index is -1.16. The number of aryl methyl sites for hydroxylation is 2. The average Bonchev–Trinajstić information content (AvgIpc) is 3.33. The lowest BCUT2D eigenvalue weighted by molar-refractivity contribution is -0.160. The van der Waals surface area contributed by atoms with Gasteiger partial charge in [-0.3, -0.25) is 4.90 Å². The Morgan fingerprint density at radius 3 is 2.34 bits per heavy atom. The predicted octanol–water partition coefficient (Wildman–Crippen LogP) is 5.99. The molecule has 2 aromatic carbocycles. The Labute approximate surface area is 259 Å². The summed E-state index contributed by atoms with van der Waals surface area (Å²) in [6, 6.07) is 10.5. The van der Waals surface area contributed by atoms with Gasteiger partial charge in [-0.25, -0.2) is 14.8 Å². The van der Waals surface area contributed by atoms with Crippen LogP contribution in [0.5, 0.6) is 0 Å². The molecular formula is C35H43N5O4. The number of anilines is 2. The summed E-state index contributed by atoms with van der Waals surface area (Å²) in [7, 11) is 0. The predicted molar refractivity (Wildman–Crippen MR) is 173 cm³/mol. The van der Waals surface area contributed by atoms with Gasteiger partial charge in [0.2, 0.25) is 5.95 Å². The Kier molecular flexibility index (Phi) is 8.22. The molecule has 2 aliphatic heterocycles. The van der Waals surface area contributed by atoms with E-state index in [2.05, 4.69) is 58.5 Å². The van der Waals surface area contributed by atoms with Crippen LogP contribution in [0.4, 0.5) is 11.6 Å². The van der Waals surface area contributed by atoms with Crippen LogP contribution in [-0.2, 0) is 27.2 Å². The van der Waals surface area contributed by atoms with E-state index in [4.69, 9.17) is 19.4 Å². The molecule has 9 nitrogen and oxygen atoms in total. The molecule has 1 saturated heterocycles. The lowest BCUT2D eigenvalue weighted by atomic mass is 9.87. The molecule has 1 atom stereocenters. The maximum atomic E-state index is 13.0. The summed E-state index contributed by atoms with van der Waals surface area (Å²) in [4.78, 5) is 27.2. The minimum absolute atomic E-state index is 0.618. The number of aromatic nitrogens is 3. The lowest BCUT2D eigenvalue weighted by Gasteiger charge is -2.35. The molecule has 2 aliphatic rings. The molecule has 1 fully saturated rings. The molecule has 2 aromatic heterocycles. The monoisotopic (exact) mass is 597 g/mol. The molecule has 6 rings (SSSR count). The van der Waals surface area contributed by atoms with Crippen molar-refractivity contribution in [3.8, 4) is 11.1 Å². The van der Waals surface area contributed by atoms with Crippen LogP contribution >= 0.6 is 0 Å². The van der Waals surface area contributed by atoms with Crippen molar-refractivity contribution < 1.29 is 19.4 Å². The van der Waals surface area contributed by atoms with Gasteiger partial charge in [-0.1, -0.05) is 29.8 Å². The Hall–Kier alpha value is -3.79. The highest BCUT2D eigenvalue weighted by Gasteiger charge is 2.36. The SMILES string of the molecule is Cc1ccc(-c2c([C@H](OC(C)(C)C)C(=O)O)c(C)c3c4c2cc(C)n4CCN3c2ncc(CCN3CCOCC3)cn2)cc1. The van der Waals surface area contributed by atoms with E-state index in [-0.39, 0.29) is 0 Å². The summed E-state index contributed by atoms with van der Waals surface area (Å²) >= 11 is 0. The van der Waals surface area contributed by atoms with Crippen LogP contribution in [-0.4, -0.2) is 75.5 Å². The second-order valence-corrected chi connectivity index (χ2v) is 13.0. The smallest absolute Gasteiger partial charge is 0.337 e. The highest BCUT2D eigenvalue weighted by Crippen LogP contribution is 2.49. The first kappa shape index (κ1) is 30.2. The number of hydrogen-bond acceptors (Lipinski definition) is 7. The Bertz CT molecular complexity index is 1670. The van der Waals surface area contributed by atoms with Gasteiger partial charge in [0.05, 0.1) is 30.0 Å². The van der Waals surface area contributed by atoms with Gasteiger partial charge in [-0.2, -0.15) is 0 Å². The van der Waals surface area contributed by atoms with Crippen molar-refractivity contribution in [3.63, 3.8) is 0 Å². The normalized spacial score (nSPS) is 16.5. The molecule has 0 unspecified atom stereocenters. The van der Waals surface area contributed by atoms with Gasteiger partial charge in [0.15, 0.2) is 6.10 Å². The molecule has 232 valence electrons. The largest absolute Gasteiger partial charge is 0.479 e. The van der Waals surface area contributed by atoms with Gasteiger partial charge in [0, 0.05) is 61.8 Å². The Balaban J connectivity index is 1.49. The molecule has 44 heavy (non-hydrogen) atoms. The second kappa shape index (κ2) is 12.0. The van der Waals surface area contributed by atoms with Gasteiger partial charge in [0.25, 0.3) is 0 Å². The third-order valence-electron chi connectivity index (χ3n) is 8.69. The number of morpholine rings is 1. The van der Waals surface area contributed by atoms with Gasteiger partial charge in [-0.15, -0.1) is 0 Å². The molecule has 1 N–H and O–H groups in total. The standard InChI is InChI=1S/C35H43N5O4/c1-22-7-9-26(10-8-22)29-27-19-23(2)39-13-14-40(34-36-20-25(21-37-34)11-12-38-15-17-43-18-16-38)30(31(27)39)24(3)28(29)32(33(41)42)44-35(4,5)6/h7-10,19-21,32H,11-18H2,1-6H3,(H,41,42)/t32-/m0/s1. The van der Waals surface area contributed by atoms with Gasteiger partial charge >= 0.3 is 5.97 Å². The zero-order valence-electron chi connectivity index (χ0n) is 26.7. The van der Waals surface area contributed by atoms with Crippen molar-refractivity contribution in [3.05, 3.63) is 70.7 Å². The number of carboxylic acid groups (broad SMARTS) is 1. The topological polar surface area (TPSA) is 93.0 Å². The van der Waals surface area contributed by atoms with Crippen molar-refractivity contribution in [2.24, 2.45) is 0 Å². The minimum Gasteiger partial charge on any atom is -0.479 e. The highest BCUT2D eigenvalue weighted by atomic mass is 16.5. The Morgan fingerprint density at radius 2 is 1.70 bits per heavy atom. The lowest BCUT2D eigenvalue weighted by Crippen LogP contribution is -2.37. The third kappa shape index (κ3) is 5.84. The highest BCUT2D eigenvalue weighted by molar-refractivity contribution is 6.08. The molecule has 4 heterocycles. The number of carbonyl (C=O) groups is 1. The molecule has 0 aliphatic carbocycles. The first-order chi connectivity index (χ1) is 21.0. The molecule has 0 spiro atoms. The summed E-state index contributed by atoms with van der Waals surface area (Å²) in [6.07, 6.45) is 3.57. The number of benzene rings is 2. The number of ether oxygens (including phenoxy) is 2. The fourth-order valence-electron chi connectivity index (χ4n) is 6.56. The van der Waals surface area contributed by atoms with E-state index in [1.807, 2.05) is 40.1 Å². The van der Waals surface area contributed by atoms with E-state index in [0.29, 0.717) is 18.1 Å². The second-order valence-electron chi connectivity index (χ2n) is 13.0. The molecule has 0 amide bonds. The van der Waals surface area contributed by atoms with Crippen molar-refractivity contribution in [1.29, 1.82) is 0 Å². The number of aliphatic carboxylic acids is 1. The van der Waals surface area contributed by atoms with Crippen LogP contribution in [0, 0.1) is 20.8 Å². The first-order valence-electron chi connectivity index (χ1n) is 15.5. The van der Waals surface area contributed by atoms with Gasteiger partial charge in [-0.05, 0) is 76.3 Å². The maximum Gasteiger partial charge on any atom is 0.337 e.